The van der Waals surface area contributed by atoms with Gasteiger partial charge in [-0.25, -0.2) is 8.78 Å². The largest absolute Gasteiger partial charge is 0.388 e. The molecule has 1 unspecified atom stereocenters. The highest BCUT2D eigenvalue weighted by Crippen LogP contribution is 2.37. The first kappa shape index (κ1) is 16.4. The van der Waals surface area contributed by atoms with Crippen LogP contribution >= 0.6 is 0 Å². The van der Waals surface area contributed by atoms with E-state index in [9.17, 15) is 13.9 Å². The third-order valence-corrected chi connectivity index (χ3v) is 5.01. The molecule has 0 aromatic heterocycles. The van der Waals surface area contributed by atoms with Crippen LogP contribution in [-0.4, -0.2) is 29.6 Å². The molecule has 0 bridgehead atoms. The number of hydrogen-bond acceptors (Lipinski definition) is 2. The summed E-state index contributed by atoms with van der Waals surface area (Å²) >= 11 is 0. The molecule has 1 fully saturated rings. The van der Waals surface area contributed by atoms with Gasteiger partial charge in [0.1, 0.15) is 11.6 Å². The molecule has 1 heterocycles. The average molecular weight is 297 g/mol. The minimum Gasteiger partial charge on any atom is -0.388 e. The zero-order chi connectivity index (χ0) is 15.5. The Morgan fingerprint density at radius 3 is 2.33 bits per heavy atom. The van der Waals surface area contributed by atoms with Gasteiger partial charge in [0.25, 0.3) is 0 Å². The fourth-order valence-corrected chi connectivity index (χ4v) is 3.28. The Labute approximate surface area is 125 Å². The van der Waals surface area contributed by atoms with Crippen molar-refractivity contribution >= 4 is 0 Å². The van der Waals surface area contributed by atoms with Crippen molar-refractivity contribution in [2.24, 2.45) is 5.41 Å². The Balaban J connectivity index is 1.89. The van der Waals surface area contributed by atoms with E-state index < -0.39 is 17.7 Å². The summed E-state index contributed by atoms with van der Waals surface area (Å²) in [4.78, 5) is 2.35. The fourth-order valence-electron chi connectivity index (χ4n) is 3.28. The molecule has 0 amide bonds. The number of aliphatic hydroxyl groups is 1. The molecule has 0 aliphatic carbocycles. The summed E-state index contributed by atoms with van der Waals surface area (Å²) in [5.74, 6) is -1.28. The highest BCUT2D eigenvalue weighted by molar-refractivity contribution is 5.20. The Hall–Kier alpha value is -1.00. The third kappa shape index (κ3) is 4.01. The van der Waals surface area contributed by atoms with Gasteiger partial charge in [-0.05, 0) is 55.3 Å². The van der Waals surface area contributed by atoms with Crippen molar-refractivity contribution in [3.8, 4) is 0 Å². The Bertz CT molecular complexity index is 454. The number of benzene rings is 1. The molecule has 1 aliphatic heterocycles. The molecule has 21 heavy (non-hydrogen) atoms. The first-order chi connectivity index (χ1) is 9.98. The van der Waals surface area contributed by atoms with Crippen molar-refractivity contribution in [1.82, 2.24) is 4.90 Å². The SMILES string of the molecule is CCC1(CC)CCN(CCC(O)c2cc(F)cc(F)c2)C1. The Kier molecular flexibility index (Phi) is 5.33. The number of rotatable bonds is 6. The minimum atomic E-state index is -0.812. The fraction of sp³-hybridized carbons (Fsp3) is 0.647. The molecular weight excluding hydrogens is 272 g/mol. The molecule has 0 radical (unpaired) electrons. The van der Waals surface area contributed by atoms with E-state index in [4.69, 9.17) is 0 Å². The van der Waals surface area contributed by atoms with Gasteiger partial charge in [-0.15, -0.1) is 0 Å². The smallest absolute Gasteiger partial charge is 0.126 e. The van der Waals surface area contributed by atoms with E-state index >= 15 is 0 Å². The van der Waals surface area contributed by atoms with Gasteiger partial charge in [0.05, 0.1) is 6.10 Å². The Morgan fingerprint density at radius 1 is 1.19 bits per heavy atom. The van der Waals surface area contributed by atoms with E-state index in [-0.39, 0.29) is 0 Å². The van der Waals surface area contributed by atoms with Gasteiger partial charge in [0.2, 0.25) is 0 Å². The molecule has 0 spiro atoms. The van der Waals surface area contributed by atoms with Crippen molar-refractivity contribution in [2.45, 2.75) is 45.6 Å². The van der Waals surface area contributed by atoms with Gasteiger partial charge in [-0.3, -0.25) is 0 Å². The molecule has 1 aliphatic rings. The first-order valence-electron chi connectivity index (χ1n) is 7.84. The molecule has 118 valence electrons. The summed E-state index contributed by atoms with van der Waals surface area (Å²) in [6.07, 6.45) is 3.25. The van der Waals surface area contributed by atoms with Crippen LogP contribution in [0.3, 0.4) is 0 Å². The normalized spacial score (nSPS) is 19.9. The van der Waals surface area contributed by atoms with E-state index in [2.05, 4.69) is 18.7 Å². The zero-order valence-corrected chi connectivity index (χ0v) is 12.9. The third-order valence-electron chi connectivity index (χ3n) is 5.01. The summed E-state index contributed by atoms with van der Waals surface area (Å²) < 4.78 is 26.3. The number of aliphatic hydroxyl groups excluding tert-OH is 1. The molecule has 4 heteroatoms. The van der Waals surface area contributed by atoms with Gasteiger partial charge < -0.3 is 10.0 Å². The second-order valence-corrected chi connectivity index (χ2v) is 6.24. The predicted molar refractivity (Wildman–Crippen MR) is 80.0 cm³/mol. The molecule has 1 N–H and O–H groups in total. The van der Waals surface area contributed by atoms with E-state index in [1.54, 1.807) is 0 Å². The maximum atomic E-state index is 13.2. The molecular formula is C17H25F2NO. The van der Waals surface area contributed by atoms with E-state index in [1.165, 1.54) is 31.4 Å². The van der Waals surface area contributed by atoms with Crippen molar-refractivity contribution in [3.63, 3.8) is 0 Å². The second-order valence-electron chi connectivity index (χ2n) is 6.24. The lowest BCUT2D eigenvalue weighted by atomic mass is 9.82. The molecule has 2 rings (SSSR count). The summed E-state index contributed by atoms with van der Waals surface area (Å²) in [5.41, 5.74) is 0.736. The topological polar surface area (TPSA) is 23.5 Å². The lowest BCUT2D eigenvalue weighted by Crippen LogP contribution is -2.28. The minimum absolute atomic E-state index is 0.323. The van der Waals surface area contributed by atoms with Crippen LogP contribution in [0, 0.1) is 17.0 Å². The van der Waals surface area contributed by atoms with Gasteiger partial charge in [0, 0.05) is 19.2 Å². The first-order valence-corrected chi connectivity index (χ1v) is 7.84. The zero-order valence-electron chi connectivity index (χ0n) is 12.9. The quantitative estimate of drug-likeness (QED) is 0.861. The molecule has 0 saturated carbocycles. The summed E-state index contributed by atoms with van der Waals surface area (Å²) in [6.45, 7) is 7.34. The van der Waals surface area contributed by atoms with Gasteiger partial charge in [-0.2, -0.15) is 0 Å². The highest BCUT2D eigenvalue weighted by atomic mass is 19.1. The molecule has 1 aromatic carbocycles. The predicted octanol–water partition coefficient (Wildman–Crippen LogP) is 3.90. The van der Waals surface area contributed by atoms with Gasteiger partial charge in [0.15, 0.2) is 0 Å². The highest BCUT2D eigenvalue weighted by Gasteiger charge is 2.34. The standard InChI is InChI=1S/C17H25F2NO/c1-3-17(4-2)6-8-20(12-17)7-5-16(21)13-9-14(18)11-15(19)10-13/h9-11,16,21H,3-8,12H2,1-2H3. The van der Waals surface area contributed by atoms with Crippen molar-refractivity contribution < 1.29 is 13.9 Å². The summed E-state index contributed by atoms with van der Waals surface area (Å²) in [7, 11) is 0. The van der Waals surface area contributed by atoms with Crippen molar-refractivity contribution in [2.75, 3.05) is 19.6 Å². The number of halogens is 2. The number of nitrogens with zero attached hydrogens (tertiary/aromatic N) is 1. The van der Waals surface area contributed by atoms with Crippen LogP contribution in [0.25, 0.3) is 0 Å². The average Bonchev–Trinajstić information content (AvgIpc) is 2.88. The van der Waals surface area contributed by atoms with E-state index in [0.29, 0.717) is 17.4 Å². The molecule has 1 aromatic rings. The summed E-state index contributed by atoms with van der Waals surface area (Å²) in [6, 6.07) is 3.24. The van der Waals surface area contributed by atoms with E-state index in [0.717, 1.165) is 25.7 Å². The maximum Gasteiger partial charge on any atom is 0.126 e. The lowest BCUT2D eigenvalue weighted by Gasteiger charge is -2.26. The van der Waals surface area contributed by atoms with Crippen LogP contribution in [0.2, 0.25) is 0 Å². The second kappa shape index (κ2) is 6.84. The van der Waals surface area contributed by atoms with Crippen LogP contribution in [0.5, 0.6) is 0 Å². The molecule has 1 saturated heterocycles. The van der Waals surface area contributed by atoms with Crippen LogP contribution in [-0.2, 0) is 0 Å². The van der Waals surface area contributed by atoms with Crippen LogP contribution < -0.4 is 0 Å². The Morgan fingerprint density at radius 2 is 1.81 bits per heavy atom. The van der Waals surface area contributed by atoms with Crippen molar-refractivity contribution in [3.05, 3.63) is 35.4 Å². The van der Waals surface area contributed by atoms with Gasteiger partial charge in [-0.1, -0.05) is 13.8 Å². The monoisotopic (exact) mass is 297 g/mol. The number of hydrogen-bond donors (Lipinski definition) is 1. The van der Waals surface area contributed by atoms with Gasteiger partial charge >= 0.3 is 0 Å². The summed E-state index contributed by atoms with van der Waals surface area (Å²) in [5, 5.41) is 10.1. The van der Waals surface area contributed by atoms with Crippen LogP contribution in [0.1, 0.15) is 51.2 Å². The van der Waals surface area contributed by atoms with Crippen LogP contribution in [0.4, 0.5) is 8.78 Å². The van der Waals surface area contributed by atoms with Crippen molar-refractivity contribution in [1.29, 1.82) is 0 Å². The molecule has 1 atom stereocenters. The molecule has 2 nitrogen and oxygen atoms in total. The van der Waals surface area contributed by atoms with Crippen LogP contribution in [0.15, 0.2) is 18.2 Å². The maximum absolute atomic E-state index is 13.2. The number of likely N-dealkylation sites (tertiary alicyclic amines) is 1. The van der Waals surface area contributed by atoms with E-state index in [1.807, 2.05) is 0 Å². The lowest BCUT2D eigenvalue weighted by molar-refractivity contribution is 0.142.